The Bertz CT molecular complexity index is 723. The molecule has 0 saturated carbocycles. The molecule has 0 unspecified atom stereocenters. The lowest BCUT2D eigenvalue weighted by atomic mass is 10.2. The van der Waals surface area contributed by atoms with Crippen LogP contribution in [0.2, 0.25) is 0 Å². The van der Waals surface area contributed by atoms with Crippen molar-refractivity contribution < 1.29 is 8.91 Å². The van der Waals surface area contributed by atoms with Crippen molar-refractivity contribution in [3.05, 3.63) is 41.3 Å². The number of halogens is 1. The number of benzene rings is 1. The average Bonchev–Trinajstić information content (AvgIpc) is 3.07. The molecule has 0 bridgehead atoms. The quantitative estimate of drug-likeness (QED) is 0.729. The molecule has 102 valence electrons. The van der Waals surface area contributed by atoms with E-state index in [1.165, 1.54) is 12.1 Å². The molecule has 2 heterocycles. The van der Waals surface area contributed by atoms with E-state index in [0.29, 0.717) is 17.3 Å². The lowest BCUT2D eigenvalue weighted by molar-refractivity contribution is 0.433. The third-order valence-corrected chi connectivity index (χ3v) is 3.78. The Kier molecular flexibility index (Phi) is 3.56. The number of nitrogens with zero attached hydrogens (tertiary/aromatic N) is 3. The predicted octanol–water partition coefficient (Wildman–Crippen LogP) is 3.95. The minimum Gasteiger partial charge on any atom is -0.333 e. The van der Waals surface area contributed by atoms with Gasteiger partial charge in [0.2, 0.25) is 5.82 Å². The fourth-order valence-corrected chi connectivity index (χ4v) is 2.75. The van der Waals surface area contributed by atoms with E-state index in [4.69, 9.17) is 4.52 Å². The van der Waals surface area contributed by atoms with Crippen molar-refractivity contribution >= 4 is 11.3 Å². The topological polar surface area (TPSA) is 51.8 Å². The molecular formula is C14H12FN3OS. The highest BCUT2D eigenvalue weighted by Crippen LogP contribution is 2.27. The maximum Gasteiger partial charge on any atom is 0.269 e. The van der Waals surface area contributed by atoms with Gasteiger partial charge in [-0.3, -0.25) is 0 Å². The van der Waals surface area contributed by atoms with Gasteiger partial charge < -0.3 is 4.52 Å². The molecule has 0 radical (unpaired) electrons. The second-order valence-corrected chi connectivity index (χ2v) is 5.42. The summed E-state index contributed by atoms with van der Waals surface area (Å²) in [7, 11) is 0. The molecule has 1 aromatic carbocycles. The molecule has 0 atom stereocenters. The van der Waals surface area contributed by atoms with Crippen LogP contribution >= 0.6 is 11.3 Å². The standard InChI is InChI=1S/C14H12FN3OS/c1-2-4-12-16-8-11(20-12)14-17-13(18-19-14)9-5-3-6-10(15)7-9/h3,5-8H,2,4H2,1H3. The van der Waals surface area contributed by atoms with E-state index in [2.05, 4.69) is 22.0 Å². The number of aromatic nitrogens is 3. The number of hydrogen-bond acceptors (Lipinski definition) is 5. The SMILES string of the molecule is CCCc1ncc(-c2nc(-c3cccc(F)c3)no2)s1. The van der Waals surface area contributed by atoms with Crippen LogP contribution in [0.5, 0.6) is 0 Å². The Hall–Kier alpha value is -2.08. The van der Waals surface area contributed by atoms with Crippen molar-refractivity contribution in [2.24, 2.45) is 0 Å². The van der Waals surface area contributed by atoms with Gasteiger partial charge in [0.1, 0.15) is 10.7 Å². The van der Waals surface area contributed by atoms with E-state index in [1.54, 1.807) is 29.7 Å². The molecule has 0 spiro atoms. The first-order valence-corrected chi connectivity index (χ1v) is 7.12. The first-order chi connectivity index (χ1) is 9.76. The summed E-state index contributed by atoms with van der Waals surface area (Å²) < 4.78 is 18.4. The van der Waals surface area contributed by atoms with E-state index >= 15 is 0 Å². The van der Waals surface area contributed by atoms with E-state index in [1.807, 2.05) is 0 Å². The second-order valence-electron chi connectivity index (χ2n) is 4.30. The van der Waals surface area contributed by atoms with Gasteiger partial charge in [0.05, 0.1) is 11.2 Å². The first-order valence-electron chi connectivity index (χ1n) is 6.31. The van der Waals surface area contributed by atoms with Crippen molar-refractivity contribution in [3.8, 4) is 22.2 Å². The Morgan fingerprint density at radius 1 is 1.35 bits per heavy atom. The van der Waals surface area contributed by atoms with Crippen molar-refractivity contribution in [1.82, 2.24) is 15.1 Å². The third kappa shape index (κ3) is 2.60. The van der Waals surface area contributed by atoms with Gasteiger partial charge in [-0.2, -0.15) is 4.98 Å². The van der Waals surface area contributed by atoms with Crippen LogP contribution in [-0.4, -0.2) is 15.1 Å². The second kappa shape index (κ2) is 5.50. The number of hydrogen-bond donors (Lipinski definition) is 0. The van der Waals surface area contributed by atoms with Gasteiger partial charge in [0.15, 0.2) is 0 Å². The molecule has 0 N–H and O–H groups in total. The molecule has 0 saturated heterocycles. The molecule has 2 aromatic heterocycles. The van der Waals surface area contributed by atoms with Crippen LogP contribution in [0.15, 0.2) is 35.0 Å². The van der Waals surface area contributed by atoms with E-state index in [0.717, 1.165) is 22.7 Å². The van der Waals surface area contributed by atoms with Gasteiger partial charge in [-0.1, -0.05) is 24.2 Å². The van der Waals surface area contributed by atoms with Crippen LogP contribution in [-0.2, 0) is 6.42 Å². The first kappa shape index (κ1) is 12.9. The molecular weight excluding hydrogens is 277 g/mol. The maximum atomic E-state index is 13.2. The summed E-state index contributed by atoms with van der Waals surface area (Å²) in [5, 5.41) is 4.93. The zero-order chi connectivity index (χ0) is 13.9. The van der Waals surface area contributed by atoms with Crippen molar-refractivity contribution in [2.75, 3.05) is 0 Å². The predicted molar refractivity (Wildman–Crippen MR) is 74.8 cm³/mol. The fraction of sp³-hybridized carbons (Fsp3) is 0.214. The summed E-state index contributed by atoms with van der Waals surface area (Å²) in [4.78, 5) is 9.44. The van der Waals surface area contributed by atoms with Crippen molar-refractivity contribution in [1.29, 1.82) is 0 Å². The smallest absolute Gasteiger partial charge is 0.269 e. The maximum absolute atomic E-state index is 13.2. The minimum absolute atomic E-state index is 0.322. The van der Waals surface area contributed by atoms with E-state index in [9.17, 15) is 4.39 Å². The Labute approximate surface area is 119 Å². The highest BCUT2D eigenvalue weighted by Gasteiger charge is 2.13. The Balaban J connectivity index is 1.89. The minimum atomic E-state index is -0.322. The van der Waals surface area contributed by atoms with E-state index < -0.39 is 0 Å². The summed E-state index contributed by atoms with van der Waals surface area (Å²) in [6.45, 7) is 2.11. The molecule has 6 heteroatoms. The van der Waals surface area contributed by atoms with Gasteiger partial charge in [-0.15, -0.1) is 11.3 Å². The third-order valence-electron chi connectivity index (χ3n) is 2.74. The summed E-state index contributed by atoms with van der Waals surface area (Å²) in [6.07, 6.45) is 3.72. The monoisotopic (exact) mass is 289 g/mol. The molecule has 0 aliphatic rings. The average molecular weight is 289 g/mol. The van der Waals surface area contributed by atoms with Crippen LogP contribution in [0.4, 0.5) is 4.39 Å². The van der Waals surface area contributed by atoms with Crippen LogP contribution in [0, 0.1) is 5.82 Å². The molecule has 0 fully saturated rings. The normalized spacial score (nSPS) is 10.9. The van der Waals surface area contributed by atoms with E-state index in [-0.39, 0.29) is 5.82 Å². The molecule has 0 aliphatic heterocycles. The summed E-state index contributed by atoms with van der Waals surface area (Å²) >= 11 is 1.54. The molecule has 0 amide bonds. The highest BCUT2D eigenvalue weighted by molar-refractivity contribution is 7.15. The largest absolute Gasteiger partial charge is 0.333 e. The molecule has 3 aromatic rings. The van der Waals surface area contributed by atoms with Gasteiger partial charge in [-0.25, -0.2) is 9.37 Å². The molecule has 20 heavy (non-hydrogen) atoms. The van der Waals surface area contributed by atoms with Crippen LogP contribution in [0.25, 0.3) is 22.2 Å². The van der Waals surface area contributed by atoms with Crippen LogP contribution < -0.4 is 0 Å². The lowest BCUT2D eigenvalue weighted by Gasteiger charge is -1.92. The van der Waals surface area contributed by atoms with Gasteiger partial charge in [0, 0.05) is 5.56 Å². The van der Waals surface area contributed by atoms with Gasteiger partial charge >= 0.3 is 0 Å². The van der Waals surface area contributed by atoms with Crippen LogP contribution in [0.1, 0.15) is 18.4 Å². The number of rotatable bonds is 4. The van der Waals surface area contributed by atoms with Crippen molar-refractivity contribution in [2.45, 2.75) is 19.8 Å². The van der Waals surface area contributed by atoms with Crippen molar-refractivity contribution in [3.63, 3.8) is 0 Å². The molecule has 3 rings (SSSR count). The fourth-order valence-electron chi connectivity index (χ4n) is 1.81. The molecule has 0 aliphatic carbocycles. The zero-order valence-electron chi connectivity index (χ0n) is 10.8. The Morgan fingerprint density at radius 2 is 2.25 bits per heavy atom. The van der Waals surface area contributed by atoms with Gasteiger partial charge in [0.25, 0.3) is 5.89 Å². The molecule has 4 nitrogen and oxygen atoms in total. The number of thiazole rings is 1. The van der Waals surface area contributed by atoms with Crippen LogP contribution in [0.3, 0.4) is 0 Å². The Morgan fingerprint density at radius 3 is 3.05 bits per heavy atom. The zero-order valence-corrected chi connectivity index (χ0v) is 11.7. The number of aryl methyl sites for hydroxylation is 1. The lowest BCUT2D eigenvalue weighted by Crippen LogP contribution is -1.82. The van der Waals surface area contributed by atoms with Gasteiger partial charge in [-0.05, 0) is 25.0 Å². The summed E-state index contributed by atoms with van der Waals surface area (Å²) in [5.74, 6) is 0.478. The summed E-state index contributed by atoms with van der Waals surface area (Å²) in [6, 6.07) is 6.12. The summed E-state index contributed by atoms with van der Waals surface area (Å²) in [5.41, 5.74) is 0.596. The highest BCUT2D eigenvalue weighted by atomic mass is 32.1.